The van der Waals surface area contributed by atoms with E-state index in [2.05, 4.69) is 126 Å². The lowest BCUT2D eigenvalue weighted by Gasteiger charge is -2.10. The lowest BCUT2D eigenvalue weighted by Crippen LogP contribution is -2.00. The van der Waals surface area contributed by atoms with Crippen molar-refractivity contribution in [1.29, 1.82) is 0 Å². The van der Waals surface area contributed by atoms with Gasteiger partial charge in [0.2, 0.25) is 0 Å². The summed E-state index contributed by atoms with van der Waals surface area (Å²) in [6.45, 7) is 0. The Morgan fingerprint density at radius 2 is 0.930 bits per heavy atom. The molecule has 0 aliphatic heterocycles. The molecule has 12 aromatic rings. The summed E-state index contributed by atoms with van der Waals surface area (Å²) < 4.78 is 11.6. The Balaban J connectivity index is 0.984. The average Bonchev–Trinajstić information content (AvgIpc) is 3.96. The van der Waals surface area contributed by atoms with E-state index in [9.17, 15) is 0 Å². The zero-order valence-corrected chi connectivity index (χ0v) is 31.2. The van der Waals surface area contributed by atoms with Crippen LogP contribution in [0.5, 0.6) is 0 Å². The zero-order valence-electron chi connectivity index (χ0n) is 30.4. The number of furan rings is 1. The first-order valence-corrected chi connectivity index (χ1v) is 19.8. The maximum absolute atomic E-state index is 6.66. The Morgan fingerprint density at radius 1 is 0.404 bits per heavy atom. The first-order valence-electron chi connectivity index (χ1n) is 19.0. The van der Waals surface area contributed by atoms with Gasteiger partial charge in [0.05, 0.1) is 16.7 Å². The van der Waals surface area contributed by atoms with Crippen LogP contribution in [0.25, 0.3) is 115 Å². The van der Waals surface area contributed by atoms with Crippen molar-refractivity contribution >= 4 is 75.3 Å². The van der Waals surface area contributed by atoms with Gasteiger partial charge in [-0.1, -0.05) is 133 Å². The van der Waals surface area contributed by atoms with Crippen molar-refractivity contribution in [3.05, 3.63) is 182 Å². The van der Waals surface area contributed by atoms with Crippen LogP contribution in [-0.4, -0.2) is 19.5 Å². The summed E-state index contributed by atoms with van der Waals surface area (Å²) in [6.07, 6.45) is 0. The molecule has 4 heterocycles. The number of thiophene rings is 1. The first-order chi connectivity index (χ1) is 28.2. The first kappa shape index (κ1) is 31.9. The third-order valence-corrected chi connectivity index (χ3v) is 12.3. The van der Waals surface area contributed by atoms with E-state index in [0.29, 0.717) is 17.5 Å². The maximum Gasteiger partial charge on any atom is 0.164 e. The van der Waals surface area contributed by atoms with E-state index in [0.717, 1.165) is 44.2 Å². The molecule has 0 amide bonds. The average molecular weight is 747 g/mol. The van der Waals surface area contributed by atoms with Crippen LogP contribution in [0.3, 0.4) is 0 Å². The van der Waals surface area contributed by atoms with Crippen molar-refractivity contribution in [3.63, 3.8) is 0 Å². The molecule has 12 rings (SSSR count). The SMILES string of the molecule is c1ccc(-c2nc(-c3ccccc3)nc(-c3ccc4c(c3)oc3cc(-c5cccc6c5sc5cccc(-n7c8ccccc8c8ccccc87)c56)ccc34)n2)cc1. The molecule has 6 heteroatoms. The van der Waals surface area contributed by atoms with E-state index in [1.807, 2.05) is 72.0 Å². The van der Waals surface area contributed by atoms with Crippen molar-refractivity contribution < 1.29 is 4.42 Å². The number of fused-ring (bicyclic) bond motifs is 9. The van der Waals surface area contributed by atoms with E-state index in [1.165, 1.54) is 53.2 Å². The summed E-state index contributed by atoms with van der Waals surface area (Å²) in [5.74, 6) is 1.86. The van der Waals surface area contributed by atoms with Crippen LogP contribution < -0.4 is 0 Å². The molecular weight excluding hydrogens is 717 g/mol. The largest absolute Gasteiger partial charge is 0.456 e. The van der Waals surface area contributed by atoms with Crippen molar-refractivity contribution in [2.24, 2.45) is 0 Å². The van der Waals surface area contributed by atoms with Gasteiger partial charge in [-0.05, 0) is 59.7 Å². The molecule has 0 aliphatic carbocycles. The van der Waals surface area contributed by atoms with Gasteiger partial charge in [0.1, 0.15) is 11.2 Å². The maximum atomic E-state index is 6.66. The normalized spacial score (nSPS) is 11.9. The molecule has 266 valence electrons. The summed E-state index contributed by atoms with van der Waals surface area (Å²) in [4.78, 5) is 14.8. The zero-order chi connectivity index (χ0) is 37.5. The van der Waals surface area contributed by atoms with Crippen molar-refractivity contribution in [1.82, 2.24) is 19.5 Å². The molecule has 0 radical (unpaired) electrons. The monoisotopic (exact) mass is 746 g/mol. The third-order valence-electron chi connectivity index (χ3n) is 11.1. The van der Waals surface area contributed by atoms with E-state index in [4.69, 9.17) is 19.4 Å². The number of para-hydroxylation sites is 2. The highest BCUT2D eigenvalue weighted by atomic mass is 32.1. The highest BCUT2D eigenvalue weighted by Crippen LogP contribution is 2.45. The number of nitrogens with zero attached hydrogens (tertiary/aromatic N) is 4. The topological polar surface area (TPSA) is 56.7 Å². The van der Waals surface area contributed by atoms with Crippen LogP contribution in [0.2, 0.25) is 0 Å². The highest BCUT2D eigenvalue weighted by molar-refractivity contribution is 7.26. The van der Waals surface area contributed by atoms with Gasteiger partial charge in [-0.3, -0.25) is 0 Å². The predicted molar refractivity (Wildman–Crippen MR) is 236 cm³/mol. The summed E-state index contributed by atoms with van der Waals surface area (Å²) in [6, 6.07) is 63.8. The molecule has 0 bridgehead atoms. The summed E-state index contributed by atoms with van der Waals surface area (Å²) in [5, 5.41) is 7.17. The summed E-state index contributed by atoms with van der Waals surface area (Å²) >= 11 is 1.85. The van der Waals surface area contributed by atoms with Crippen LogP contribution in [-0.2, 0) is 0 Å². The Morgan fingerprint density at radius 3 is 1.58 bits per heavy atom. The number of hydrogen-bond acceptors (Lipinski definition) is 5. The minimum absolute atomic E-state index is 0.600. The summed E-state index contributed by atoms with van der Waals surface area (Å²) in [5.41, 5.74) is 10.3. The Bertz CT molecular complexity index is 3420. The van der Waals surface area contributed by atoms with Crippen LogP contribution in [0.15, 0.2) is 186 Å². The molecule has 8 aromatic carbocycles. The lowest BCUT2D eigenvalue weighted by atomic mass is 10.0. The molecule has 57 heavy (non-hydrogen) atoms. The molecule has 0 aliphatic rings. The standard InChI is InChI=1S/C51H30N4OS/c1-3-13-31(14-4-1)49-52-50(32-15-5-2-6-16-32)54-51(53-49)34-26-28-39-38-27-25-33(29-44(38)56-45(39)30-34)35-19-11-20-40-47-43(23-12-24-46(47)57-48(35)40)55-41-21-9-7-17-36(41)37-18-8-10-22-42(37)55/h1-30H. The lowest BCUT2D eigenvalue weighted by molar-refractivity contribution is 0.669. The number of rotatable bonds is 5. The molecule has 0 saturated carbocycles. The van der Waals surface area contributed by atoms with Gasteiger partial charge in [0.25, 0.3) is 0 Å². The molecular formula is C51H30N4OS. The Hall–Kier alpha value is -7.41. The minimum atomic E-state index is 0.600. The van der Waals surface area contributed by atoms with Crippen molar-refractivity contribution in [2.45, 2.75) is 0 Å². The van der Waals surface area contributed by atoms with Crippen LogP contribution in [0, 0.1) is 0 Å². The number of hydrogen-bond donors (Lipinski definition) is 0. The second-order valence-electron chi connectivity index (χ2n) is 14.4. The molecule has 0 saturated heterocycles. The van der Waals surface area contributed by atoms with E-state index in [-0.39, 0.29) is 0 Å². The Kier molecular flexibility index (Phi) is 7.03. The van der Waals surface area contributed by atoms with Crippen LogP contribution in [0.1, 0.15) is 0 Å². The van der Waals surface area contributed by atoms with E-state index in [1.54, 1.807) is 0 Å². The second kappa shape index (κ2) is 12.6. The number of aromatic nitrogens is 4. The molecule has 0 unspecified atom stereocenters. The summed E-state index contributed by atoms with van der Waals surface area (Å²) in [7, 11) is 0. The quantitative estimate of drug-likeness (QED) is 0.176. The molecule has 0 N–H and O–H groups in total. The van der Waals surface area contributed by atoms with Gasteiger partial charge in [-0.2, -0.15) is 0 Å². The van der Waals surface area contributed by atoms with E-state index >= 15 is 0 Å². The molecule has 0 atom stereocenters. The van der Waals surface area contributed by atoms with Gasteiger partial charge in [-0.25, -0.2) is 15.0 Å². The smallest absolute Gasteiger partial charge is 0.164 e. The van der Waals surface area contributed by atoms with Gasteiger partial charge in [-0.15, -0.1) is 11.3 Å². The van der Waals surface area contributed by atoms with E-state index < -0.39 is 0 Å². The van der Waals surface area contributed by atoms with Crippen molar-refractivity contribution in [2.75, 3.05) is 0 Å². The second-order valence-corrected chi connectivity index (χ2v) is 15.4. The molecule has 0 spiro atoms. The fraction of sp³-hybridized carbons (Fsp3) is 0. The predicted octanol–water partition coefficient (Wildman–Crippen LogP) is 13.9. The molecule has 0 fully saturated rings. The Labute approximate surface area is 330 Å². The highest BCUT2D eigenvalue weighted by Gasteiger charge is 2.19. The minimum Gasteiger partial charge on any atom is -0.456 e. The molecule has 4 aromatic heterocycles. The fourth-order valence-corrected chi connectivity index (χ4v) is 9.71. The van der Waals surface area contributed by atoms with Crippen LogP contribution >= 0.6 is 11.3 Å². The fourth-order valence-electron chi connectivity index (χ4n) is 8.45. The third kappa shape index (κ3) is 5.04. The van der Waals surface area contributed by atoms with Gasteiger partial charge < -0.3 is 8.98 Å². The van der Waals surface area contributed by atoms with Crippen molar-refractivity contribution in [3.8, 4) is 51.0 Å². The molecule has 5 nitrogen and oxygen atoms in total. The van der Waals surface area contributed by atoms with Crippen LogP contribution in [0.4, 0.5) is 0 Å². The van der Waals surface area contributed by atoms with Gasteiger partial charge in [0, 0.05) is 58.4 Å². The number of benzene rings is 8. The van der Waals surface area contributed by atoms with Gasteiger partial charge >= 0.3 is 0 Å². The van der Waals surface area contributed by atoms with Gasteiger partial charge in [0.15, 0.2) is 17.5 Å².